The van der Waals surface area contributed by atoms with Crippen LogP contribution in [-0.2, 0) is 0 Å². The molecule has 0 radical (unpaired) electrons. The molecule has 1 aliphatic rings. The van der Waals surface area contributed by atoms with E-state index < -0.39 is 6.10 Å². The van der Waals surface area contributed by atoms with Crippen LogP contribution in [0.25, 0.3) is 0 Å². The predicted molar refractivity (Wildman–Crippen MR) is 50.1 cm³/mol. The van der Waals surface area contributed by atoms with E-state index in [9.17, 15) is 10.0 Å². The van der Waals surface area contributed by atoms with Crippen molar-refractivity contribution in [2.24, 2.45) is 5.29 Å². The van der Waals surface area contributed by atoms with E-state index in [1.165, 1.54) is 5.01 Å². The van der Waals surface area contributed by atoms with Crippen LogP contribution in [0.15, 0.2) is 29.8 Å². The van der Waals surface area contributed by atoms with Gasteiger partial charge in [0.15, 0.2) is 0 Å². The Morgan fingerprint density at radius 3 is 3.14 bits per heavy atom. The third kappa shape index (κ3) is 1.46. The molecule has 2 heterocycles. The highest BCUT2D eigenvalue weighted by atomic mass is 16.3. The quantitative estimate of drug-likeness (QED) is 0.708. The van der Waals surface area contributed by atoms with Crippen molar-refractivity contribution in [3.8, 4) is 0 Å². The molecule has 1 aromatic rings. The molecule has 1 saturated heterocycles. The van der Waals surface area contributed by atoms with E-state index in [1.807, 2.05) is 6.07 Å². The van der Waals surface area contributed by atoms with E-state index in [-0.39, 0.29) is 6.04 Å². The number of hydrogen-bond acceptors (Lipinski definition) is 4. The number of pyridine rings is 1. The maximum atomic E-state index is 10.5. The van der Waals surface area contributed by atoms with Crippen LogP contribution >= 0.6 is 0 Å². The maximum absolute atomic E-state index is 10.5. The second kappa shape index (κ2) is 3.71. The molecule has 1 aliphatic heterocycles. The predicted octanol–water partition coefficient (Wildman–Crippen LogP) is 0.871. The molecule has 14 heavy (non-hydrogen) atoms. The number of hydrogen-bond donors (Lipinski definition) is 1. The highest BCUT2D eigenvalue weighted by Gasteiger charge is 2.34. The molecular formula is C9H11N3O2. The van der Waals surface area contributed by atoms with Crippen molar-refractivity contribution in [1.82, 2.24) is 9.99 Å². The summed E-state index contributed by atoms with van der Waals surface area (Å²) >= 11 is 0. The average molecular weight is 193 g/mol. The number of nitroso groups, excluding NO2 is 1. The first-order chi connectivity index (χ1) is 6.83. The van der Waals surface area contributed by atoms with Crippen LogP contribution in [-0.4, -0.2) is 27.7 Å². The summed E-state index contributed by atoms with van der Waals surface area (Å²) in [5.41, 5.74) is 0.831. The fraction of sp³-hybridized carbons (Fsp3) is 0.444. The normalized spacial score (nSPS) is 26.5. The minimum Gasteiger partial charge on any atom is -0.390 e. The summed E-state index contributed by atoms with van der Waals surface area (Å²) in [4.78, 5) is 14.4. The van der Waals surface area contributed by atoms with Crippen LogP contribution in [0.5, 0.6) is 0 Å². The first kappa shape index (κ1) is 9.08. The standard InChI is InChI=1S/C9H11N3O2/c13-8-3-5-12(11-14)9(8)7-2-1-4-10-6-7/h1-2,4,6,8-9,13H,3,5H2. The Bertz CT molecular complexity index is 317. The van der Waals surface area contributed by atoms with Gasteiger partial charge in [-0.05, 0) is 18.1 Å². The van der Waals surface area contributed by atoms with E-state index in [4.69, 9.17) is 0 Å². The van der Waals surface area contributed by atoms with Crippen molar-refractivity contribution in [2.75, 3.05) is 6.54 Å². The topological polar surface area (TPSA) is 65.8 Å². The lowest BCUT2D eigenvalue weighted by molar-refractivity contribution is 0.117. The van der Waals surface area contributed by atoms with E-state index >= 15 is 0 Å². The Morgan fingerprint density at radius 2 is 2.50 bits per heavy atom. The Kier molecular flexibility index (Phi) is 2.41. The average Bonchev–Trinajstić information content (AvgIpc) is 2.61. The van der Waals surface area contributed by atoms with Crippen molar-refractivity contribution in [2.45, 2.75) is 18.6 Å². The molecule has 74 valence electrons. The molecule has 0 aromatic carbocycles. The van der Waals surface area contributed by atoms with Crippen LogP contribution in [0.3, 0.4) is 0 Å². The van der Waals surface area contributed by atoms with Crippen molar-refractivity contribution in [3.63, 3.8) is 0 Å². The zero-order chi connectivity index (χ0) is 9.97. The first-order valence-corrected chi connectivity index (χ1v) is 4.51. The fourth-order valence-corrected chi connectivity index (χ4v) is 1.80. The number of aliphatic hydroxyl groups excluding tert-OH is 1. The van der Waals surface area contributed by atoms with Crippen molar-refractivity contribution >= 4 is 0 Å². The second-order valence-electron chi connectivity index (χ2n) is 3.33. The van der Waals surface area contributed by atoms with E-state index in [1.54, 1.807) is 18.5 Å². The van der Waals surface area contributed by atoms with Crippen LogP contribution in [0.4, 0.5) is 0 Å². The number of rotatable bonds is 2. The van der Waals surface area contributed by atoms with Crippen molar-refractivity contribution in [1.29, 1.82) is 0 Å². The zero-order valence-corrected chi connectivity index (χ0v) is 7.58. The molecule has 1 fully saturated rings. The zero-order valence-electron chi connectivity index (χ0n) is 7.58. The molecule has 5 heteroatoms. The Labute approximate surface area is 81.3 Å². The van der Waals surface area contributed by atoms with Crippen LogP contribution in [0.2, 0.25) is 0 Å². The molecule has 2 rings (SSSR count). The minimum atomic E-state index is -0.531. The molecule has 0 spiro atoms. The molecule has 2 atom stereocenters. The van der Waals surface area contributed by atoms with Gasteiger partial charge in [0.1, 0.15) is 6.04 Å². The lowest BCUT2D eigenvalue weighted by Crippen LogP contribution is -2.22. The number of nitrogens with zero attached hydrogens (tertiary/aromatic N) is 3. The van der Waals surface area contributed by atoms with Gasteiger partial charge in [-0.3, -0.25) is 9.99 Å². The summed E-state index contributed by atoms with van der Waals surface area (Å²) in [5, 5.41) is 13.9. The SMILES string of the molecule is O=NN1CCC(O)C1c1cccnc1. The van der Waals surface area contributed by atoms with Crippen LogP contribution < -0.4 is 0 Å². The van der Waals surface area contributed by atoms with Gasteiger partial charge in [-0.2, -0.15) is 0 Å². The summed E-state index contributed by atoms with van der Waals surface area (Å²) in [7, 11) is 0. The molecule has 1 N–H and O–H groups in total. The highest BCUT2D eigenvalue weighted by molar-refractivity contribution is 5.17. The molecule has 0 amide bonds. The Hall–Kier alpha value is -1.49. The van der Waals surface area contributed by atoms with Gasteiger partial charge in [0.25, 0.3) is 0 Å². The third-order valence-electron chi connectivity index (χ3n) is 2.47. The van der Waals surface area contributed by atoms with Gasteiger partial charge >= 0.3 is 0 Å². The Balaban J connectivity index is 2.27. The van der Waals surface area contributed by atoms with Crippen LogP contribution in [0.1, 0.15) is 18.0 Å². The second-order valence-corrected chi connectivity index (χ2v) is 3.33. The molecule has 0 aliphatic carbocycles. The molecular weight excluding hydrogens is 182 g/mol. The summed E-state index contributed by atoms with van der Waals surface area (Å²) < 4.78 is 0. The van der Waals surface area contributed by atoms with Gasteiger partial charge in [-0.25, -0.2) is 0 Å². The summed E-state index contributed by atoms with van der Waals surface area (Å²) in [6, 6.07) is 3.29. The molecule has 1 aromatic heterocycles. The van der Waals surface area contributed by atoms with Gasteiger partial charge in [0.2, 0.25) is 0 Å². The molecule has 0 bridgehead atoms. The minimum absolute atomic E-state index is 0.332. The summed E-state index contributed by atoms with van der Waals surface area (Å²) in [6.07, 6.45) is 3.35. The highest BCUT2D eigenvalue weighted by Crippen LogP contribution is 2.31. The van der Waals surface area contributed by atoms with E-state index in [0.29, 0.717) is 13.0 Å². The number of aliphatic hydroxyl groups is 1. The van der Waals surface area contributed by atoms with Crippen LogP contribution in [0, 0.1) is 4.91 Å². The third-order valence-corrected chi connectivity index (χ3v) is 2.47. The van der Waals surface area contributed by atoms with Gasteiger partial charge in [-0.15, -0.1) is 4.91 Å². The van der Waals surface area contributed by atoms with E-state index in [0.717, 1.165) is 5.56 Å². The van der Waals surface area contributed by atoms with E-state index in [2.05, 4.69) is 10.3 Å². The van der Waals surface area contributed by atoms with Gasteiger partial charge in [0.05, 0.1) is 11.4 Å². The lowest BCUT2D eigenvalue weighted by Gasteiger charge is -2.20. The maximum Gasteiger partial charge on any atom is 0.103 e. The fourth-order valence-electron chi connectivity index (χ4n) is 1.80. The summed E-state index contributed by atoms with van der Waals surface area (Å²) in [5.74, 6) is 0. The molecule has 5 nitrogen and oxygen atoms in total. The van der Waals surface area contributed by atoms with Crippen molar-refractivity contribution in [3.05, 3.63) is 35.0 Å². The summed E-state index contributed by atoms with van der Waals surface area (Å²) in [6.45, 7) is 0.504. The first-order valence-electron chi connectivity index (χ1n) is 4.51. The number of aromatic nitrogens is 1. The monoisotopic (exact) mass is 193 g/mol. The van der Waals surface area contributed by atoms with Gasteiger partial charge < -0.3 is 5.11 Å². The van der Waals surface area contributed by atoms with Crippen molar-refractivity contribution < 1.29 is 5.11 Å². The van der Waals surface area contributed by atoms with Gasteiger partial charge in [0, 0.05) is 18.9 Å². The molecule has 0 saturated carbocycles. The van der Waals surface area contributed by atoms with Gasteiger partial charge in [-0.1, -0.05) is 6.07 Å². The largest absolute Gasteiger partial charge is 0.390 e. The molecule has 2 unspecified atom stereocenters. The smallest absolute Gasteiger partial charge is 0.103 e. The lowest BCUT2D eigenvalue weighted by atomic mass is 10.1. The Morgan fingerprint density at radius 1 is 1.64 bits per heavy atom.